The Kier molecular flexibility index (Phi) is 3.45. The van der Waals surface area contributed by atoms with Crippen molar-refractivity contribution in [3.05, 3.63) is 53.4 Å². The molecule has 1 fully saturated rings. The number of amides is 1. The molecule has 6 heteroatoms. The quantitative estimate of drug-likeness (QED) is 0.783. The van der Waals surface area contributed by atoms with E-state index in [-0.39, 0.29) is 11.9 Å². The first kappa shape index (κ1) is 14.7. The highest BCUT2D eigenvalue weighted by Gasteiger charge is 2.34. The van der Waals surface area contributed by atoms with Gasteiger partial charge in [-0.2, -0.15) is 5.10 Å². The van der Waals surface area contributed by atoms with E-state index in [2.05, 4.69) is 10.2 Å². The van der Waals surface area contributed by atoms with Crippen molar-refractivity contribution in [2.75, 3.05) is 12.3 Å². The minimum atomic E-state index is -0.0928. The summed E-state index contributed by atoms with van der Waals surface area (Å²) in [5.74, 6) is 0.694. The topological polar surface area (TPSA) is 85.2 Å². The van der Waals surface area contributed by atoms with Crippen LogP contribution in [0.15, 0.2) is 40.8 Å². The first-order chi connectivity index (χ1) is 11.6. The SMILES string of the molecule is Cc1c(C(=O)N2CCCC2c2ccc(N)nn2)oc2ccccc12. The van der Waals surface area contributed by atoms with Crippen molar-refractivity contribution in [2.45, 2.75) is 25.8 Å². The fourth-order valence-corrected chi connectivity index (χ4v) is 3.36. The Morgan fingerprint density at radius 1 is 1.25 bits per heavy atom. The summed E-state index contributed by atoms with van der Waals surface area (Å²) in [5.41, 5.74) is 7.99. The second-order valence-electron chi connectivity index (χ2n) is 6.09. The largest absolute Gasteiger partial charge is 0.451 e. The molecule has 4 rings (SSSR count). The molecule has 3 aromatic rings. The number of rotatable bonds is 2. The lowest BCUT2D eigenvalue weighted by atomic mass is 10.1. The van der Waals surface area contributed by atoms with Crippen LogP contribution >= 0.6 is 0 Å². The number of nitrogen functional groups attached to an aromatic ring is 1. The summed E-state index contributed by atoms with van der Waals surface area (Å²) in [6, 6.07) is 11.2. The molecule has 1 aliphatic heterocycles. The smallest absolute Gasteiger partial charge is 0.290 e. The number of hydrogen-bond donors (Lipinski definition) is 1. The van der Waals surface area contributed by atoms with E-state index in [9.17, 15) is 4.79 Å². The molecule has 3 heterocycles. The molecule has 2 N–H and O–H groups in total. The number of furan rings is 1. The van der Waals surface area contributed by atoms with E-state index in [1.807, 2.05) is 42.2 Å². The van der Waals surface area contributed by atoms with Crippen LogP contribution in [0.4, 0.5) is 5.82 Å². The number of anilines is 1. The summed E-state index contributed by atoms with van der Waals surface area (Å²) >= 11 is 0. The zero-order valence-corrected chi connectivity index (χ0v) is 13.4. The van der Waals surface area contributed by atoms with Crippen molar-refractivity contribution in [1.29, 1.82) is 0 Å². The van der Waals surface area contributed by atoms with Gasteiger partial charge in [0, 0.05) is 17.5 Å². The van der Waals surface area contributed by atoms with Gasteiger partial charge in [-0.1, -0.05) is 18.2 Å². The Morgan fingerprint density at radius 3 is 2.83 bits per heavy atom. The third-order valence-corrected chi connectivity index (χ3v) is 4.60. The number of aromatic nitrogens is 2. The highest BCUT2D eigenvalue weighted by molar-refractivity contribution is 5.99. The van der Waals surface area contributed by atoms with Crippen LogP contribution in [-0.2, 0) is 0 Å². The summed E-state index contributed by atoms with van der Waals surface area (Å²) in [5, 5.41) is 9.04. The second kappa shape index (κ2) is 5.63. The van der Waals surface area contributed by atoms with Crippen molar-refractivity contribution < 1.29 is 9.21 Å². The normalized spacial score (nSPS) is 17.5. The Labute approximate surface area is 139 Å². The molecule has 0 spiro atoms. The monoisotopic (exact) mass is 322 g/mol. The summed E-state index contributed by atoms with van der Waals surface area (Å²) in [6.07, 6.45) is 1.80. The molecule has 2 aromatic heterocycles. The van der Waals surface area contributed by atoms with Crippen molar-refractivity contribution in [3.63, 3.8) is 0 Å². The van der Waals surface area contributed by atoms with E-state index >= 15 is 0 Å². The summed E-state index contributed by atoms with van der Waals surface area (Å²) < 4.78 is 5.83. The van der Waals surface area contributed by atoms with Gasteiger partial charge in [-0.15, -0.1) is 5.10 Å². The van der Waals surface area contributed by atoms with Crippen LogP contribution in [0.3, 0.4) is 0 Å². The molecule has 1 saturated heterocycles. The number of carbonyl (C=O) groups is 1. The lowest BCUT2D eigenvalue weighted by Gasteiger charge is -2.23. The third kappa shape index (κ3) is 2.31. The minimum absolute atomic E-state index is 0.0850. The average molecular weight is 322 g/mol. The van der Waals surface area contributed by atoms with Gasteiger partial charge in [-0.05, 0) is 38.0 Å². The van der Waals surface area contributed by atoms with Crippen LogP contribution in [-0.4, -0.2) is 27.5 Å². The third-order valence-electron chi connectivity index (χ3n) is 4.60. The van der Waals surface area contributed by atoms with Crippen molar-refractivity contribution in [1.82, 2.24) is 15.1 Å². The number of hydrogen-bond acceptors (Lipinski definition) is 5. The molecule has 1 aromatic carbocycles. The molecular formula is C18H18N4O2. The number of likely N-dealkylation sites (tertiary alicyclic amines) is 1. The molecule has 1 aliphatic rings. The fraction of sp³-hybridized carbons (Fsp3) is 0.278. The molecule has 1 atom stereocenters. The number of aryl methyl sites for hydroxylation is 1. The summed E-state index contributed by atoms with van der Waals surface area (Å²) in [6.45, 7) is 2.61. The van der Waals surface area contributed by atoms with Crippen LogP contribution < -0.4 is 5.73 Å². The lowest BCUT2D eigenvalue weighted by molar-refractivity contribution is 0.0701. The fourth-order valence-electron chi connectivity index (χ4n) is 3.36. The summed E-state index contributed by atoms with van der Waals surface area (Å²) in [7, 11) is 0. The van der Waals surface area contributed by atoms with Crippen LogP contribution in [0.1, 0.15) is 40.7 Å². The number of nitrogens with two attached hydrogens (primary N) is 1. The van der Waals surface area contributed by atoms with Crippen molar-refractivity contribution in [2.24, 2.45) is 0 Å². The number of fused-ring (bicyclic) bond motifs is 1. The zero-order chi connectivity index (χ0) is 16.7. The highest BCUT2D eigenvalue weighted by Crippen LogP contribution is 2.34. The molecule has 6 nitrogen and oxygen atoms in total. The minimum Gasteiger partial charge on any atom is -0.451 e. The van der Waals surface area contributed by atoms with Crippen molar-refractivity contribution >= 4 is 22.7 Å². The van der Waals surface area contributed by atoms with E-state index < -0.39 is 0 Å². The van der Waals surface area contributed by atoms with Gasteiger partial charge in [-0.25, -0.2) is 0 Å². The van der Waals surface area contributed by atoms with E-state index in [1.165, 1.54) is 0 Å². The Hall–Kier alpha value is -2.89. The van der Waals surface area contributed by atoms with Crippen molar-refractivity contribution in [3.8, 4) is 0 Å². The number of nitrogens with zero attached hydrogens (tertiary/aromatic N) is 3. The molecule has 0 saturated carbocycles. The predicted molar refractivity (Wildman–Crippen MR) is 90.4 cm³/mol. The van der Waals surface area contributed by atoms with Gasteiger partial charge >= 0.3 is 0 Å². The Morgan fingerprint density at radius 2 is 2.08 bits per heavy atom. The van der Waals surface area contributed by atoms with E-state index in [0.717, 1.165) is 35.1 Å². The number of benzene rings is 1. The molecule has 0 radical (unpaired) electrons. The second-order valence-corrected chi connectivity index (χ2v) is 6.09. The molecule has 1 amide bonds. The maximum Gasteiger partial charge on any atom is 0.290 e. The van der Waals surface area contributed by atoms with Gasteiger partial charge in [0.05, 0.1) is 11.7 Å². The molecule has 24 heavy (non-hydrogen) atoms. The standard InChI is InChI=1S/C18H18N4O2/c1-11-12-5-2-3-7-15(12)24-17(11)18(23)22-10-4-6-14(22)13-8-9-16(19)21-20-13/h2-3,5,7-9,14H,4,6,10H2,1H3,(H2,19,21). The van der Waals surface area contributed by atoms with Crippen LogP contribution in [0.2, 0.25) is 0 Å². The van der Waals surface area contributed by atoms with Gasteiger partial charge in [0.1, 0.15) is 11.4 Å². The van der Waals surface area contributed by atoms with Gasteiger partial charge in [-0.3, -0.25) is 4.79 Å². The van der Waals surface area contributed by atoms with E-state index in [0.29, 0.717) is 18.1 Å². The highest BCUT2D eigenvalue weighted by atomic mass is 16.3. The van der Waals surface area contributed by atoms with Crippen LogP contribution in [0.5, 0.6) is 0 Å². The zero-order valence-electron chi connectivity index (χ0n) is 13.4. The first-order valence-corrected chi connectivity index (χ1v) is 8.03. The predicted octanol–water partition coefficient (Wildman–Crippen LogP) is 3.09. The maximum absolute atomic E-state index is 13.0. The van der Waals surface area contributed by atoms with E-state index in [4.69, 9.17) is 10.2 Å². The Balaban J connectivity index is 1.69. The molecule has 0 bridgehead atoms. The number of para-hydroxylation sites is 1. The van der Waals surface area contributed by atoms with Crippen LogP contribution in [0.25, 0.3) is 11.0 Å². The maximum atomic E-state index is 13.0. The Bertz CT molecular complexity index is 901. The summed E-state index contributed by atoms with van der Waals surface area (Å²) in [4.78, 5) is 14.9. The molecule has 0 aliphatic carbocycles. The van der Waals surface area contributed by atoms with Gasteiger partial charge in [0.25, 0.3) is 5.91 Å². The number of carbonyl (C=O) groups excluding carboxylic acids is 1. The van der Waals surface area contributed by atoms with Gasteiger partial charge < -0.3 is 15.1 Å². The molecular weight excluding hydrogens is 304 g/mol. The van der Waals surface area contributed by atoms with E-state index in [1.54, 1.807) is 6.07 Å². The van der Waals surface area contributed by atoms with Gasteiger partial charge in [0.2, 0.25) is 0 Å². The molecule has 122 valence electrons. The molecule has 1 unspecified atom stereocenters. The van der Waals surface area contributed by atoms with Gasteiger partial charge in [0.15, 0.2) is 5.76 Å². The lowest BCUT2D eigenvalue weighted by Crippen LogP contribution is -2.31. The van der Waals surface area contributed by atoms with Crippen LogP contribution in [0, 0.1) is 6.92 Å². The average Bonchev–Trinajstić information content (AvgIpc) is 3.21. The first-order valence-electron chi connectivity index (χ1n) is 8.03.